The van der Waals surface area contributed by atoms with Gasteiger partial charge in [0.1, 0.15) is 0 Å². The second-order valence-electron chi connectivity index (χ2n) is 4.14. The van der Waals surface area contributed by atoms with Crippen LogP contribution in [0.3, 0.4) is 0 Å². The summed E-state index contributed by atoms with van der Waals surface area (Å²) in [6, 6.07) is 8.76. The molecule has 0 aliphatic rings. The normalized spacial score (nSPS) is 10.8. The van der Waals surface area contributed by atoms with Gasteiger partial charge in [-0.1, -0.05) is 18.2 Å². The lowest BCUT2D eigenvalue weighted by atomic mass is 10.1. The Kier molecular flexibility index (Phi) is 2.50. The molecule has 0 aliphatic heterocycles. The third-order valence-corrected chi connectivity index (χ3v) is 2.85. The van der Waals surface area contributed by atoms with Crippen molar-refractivity contribution in [3.05, 3.63) is 46.9 Å². The SMILES string of the molecule is Nc1nc(N)c2c(n1)[n+]([O-])cc(-c1ccccc1)[n+]2[O-]. The van der Waals surface area contributed by atoms with Crippen LogP contribution in [0.15, 0.2) is 36.5 Å². The van der Waals surface area contributed by atoms with Crippen molar-refractivity contribution >= 4 is 22.9 Å². The molecule has 0 saturated carbocycles. The molecule has 20 heavy (non-hydrogen) atoms. The fourth-order valence-electron chi connectivity index (χ4n) is 1.97. The zero-order chi connectivity index (χ0) is 14.3. The van der Waals surface area contributed by atoms with Crippen molar-refractivity contribution in [2.45, 2.75) is 0 Å². The quantitative estimate of drug-likeness (QED) is 0.462. The van der Waals surface area contributed by atoms with Crippen LogP contribution in [-0.4, -0.2) is 9.97 Å². The lowest BCUT2D eigenvalue weighted by Crippen LogP contribution is -2.41. The Labute approximate surface area is 113 Å². The lowest BCUT2D eigenvalue weighted by molar-refractivity contribution is -0.622. The molecule has 8 nitrogen and oxygen atoms in total. The molecule has 0 amide bonds. The van der Waals surface area contributed by atoms with E-state index >= 15 is 0 Å². The molecule has 0 unspecified atom stereocenters. The topological polar surface area (TPSA) is 132 Å². The fraction of sp³-hybridized carbons (Fsp3) is 0. The van der Waals surface area contributed by atoms with Crippen molar-refractivity contribution in [2.75, 3.05) is 11.5 Å². The Morgan fingerprint density at radius 3 is 2.40 bits per heavy atom. The van der Waals surface area contributed by atoms with E-state index in [4.69, 9.17) is 11.5 Å². The molecule has 4 N–H and O–H groups in total. The van der Waals surface area contributed by atoms with E-state index in [0.717, 1.165) is 6.20 Å². The number of benzene rings is 1. The van der Waals surface area contributed by atoms with Crippen molar-refractivity contribution in [1.29, 1.82) is 0 Å². The first kappa shape index (κ1) is 11.9. The van der Waals surface area contributed by atoms with Gasteiger partial charge in [-0.2, -0.15) is 9.71 Å². The second-order valence-corrected chi connectivity index (χ2v) is 4.14. The summed E-state index contributed by atoms with van der Waals surface area (Å²) in [4.78, 5) is 7.46. The first-order valence-corrected chi connectivity index (χ1v) is 5.72. The molecule has 3 aromatic rings. The van der Waals surface area contributed by atoms with E-state index in [1.807, 2.05) is 6.07 Å². The summed E-state index contributed by atoms with van der Waals surface area (Å²) in [6.07, 6.45) is 1.14. The van der Waals surface area contributed by atoms with Crippen molar-refractivity contribution < 1.29 is 9.46 Å². The monoisotopic (exact) mass is 270 g/mol. The first-order valence-electron chi connectivity index (χ1n) is 5.72. The van der Waals surface area contributed by atoms with Gasteiger partial charge < -0.3 is 21.9 Å². The molecule has 0 radical (unpaired) electrons. The van der Waals surface area contributed by atoms with Crippen LogP contribution < -0.4 is 20.9 Å². The van der Waals surface area contributed by atoms with Gasteiger partial charge in [0.05, 0.1) is 5.56 Å². The number of aromatic nitrogens is 4. The number of rotatable bonds is 1. The summed E-state index contributed by atoms with van der Waals surface area (Å²) in [5.41, 5.74) is 11.6. The zero-order valence-corrected chi connectivity index (χ0v) is 10.2. The Balaban J connectivity index is 2.40. The van der Waals surface area contributed by atoms with Crippen molar-refractivity contribution in [1.82, 2.24) is 9.97 Å². The molecule has 100 valence electrons. The second kappa shape index (κ2) is 4.19. The summed E-state index contributed by atoms with van der Waals surface area (Å²) in [6.45, 7) is 0. The summed E-state index contributed by atoms with van der Waals surface area (Å²) < 4.78 is 0.994. The van der Waals surface area contributed by atoms with Crippen LogP contribution >= 0.6 is 0 Å². The number of fused-ring (bicyclic) bond motifs is 1. The van der Waals surface area contributed by atoms with Crippen LogP contribution in [0.2, 0.25) is 0 Å². The first-order chi connectivity index (χ1) is 9.58. The van der Waals surface area contributed by atoms with Crippen LogP contribution in [0.5, 0.6) is 0 Å². The minimum Gasteiger partial charge on any atom is -0.710 e. The van der Waals surface area contributed by atoms with E-state index in [2.05, 4.69) is 9.97 Å². The van der Waals surface area contributed by atoms with Crippen molar-refractivity contribution in [2.24, 2.45) is 0 Å². The molecular formula is C12H10N6O2. The van der Waals surface area contributed by atoms with Gasteiger partial charge in [-0.15, -0.1) is 0 Å². The summed E-state index contributed by atoms with van der Waals surface area (Å²) in [5, 5.41) is 24.4. The van der Waals surface area contributed by atoms with Gasteiger partial charge in [-0.25, -0.2) is 4.73 Å². The molecular weight excluding hydrogens is 260 g/mol. The van der Waals surface area contributed by atoms with Crippen LogP contribution in [0, 0.1) is 10.4 Å². The molecule has 2 heterocycles. The standard InChI is InChI=1S/C12H10N6O2/c13-10-9-11(16-12(14)15-10)17(19)6-8(18(9)20)7-4-2-1-3-5-7/h1-6H,(H4,13,14,15,16). The maximum Gasteiger partial charge on any atom is 0.408 e. The molecule has 0 bridgehead atoms. The Morgan fingerprint density at radius 2 is 1.70 bits per heavy atom. The Bertz CT molecular complexity index is 806. The van der Waals surface area contributed by atoms with Gasteiger partial charge in [0.15, 0.2) is 6.20 Å². The van der Waals surface area contributed by atoms with Crippen LogP contribution in [0.1, 0.15) is 0 Å². The Hall–Kier alpha value is -3.16. The minimum absolute atomic E-state index is 0.101. The van der Waals surface area contributed by atoms with E-state index in [9.17, 15) is 10.4 Å². The lowest BCUT2D eigenvalue weighted by Gasteiger charge is -2.10. The van der Waals surface area contributed by atoms with Crippen LogP contribution in [0.25, 0.3) is 22.4 Å². The largest absolute Gasteiger partial charge is 0.710 e. The molecule has 0 fully saturated rings. The predicted octanol–water partition coefficient (Wildman–Crippen LogP) is -0.272. The van der Waals surface area contributed by atoms with Crippen molar-refractivity contribution in [3.63, 3.8) is 0 Å². The molecule has 8 heteroatoms. The molecule has 0 saturated heterocycles. The van der Waals surface area contributed by atoms with Crippen molar-refractivity contribution in [3.8, 4) is 11.3 Å². The fourth-order valence-corrected chi connectivity index (χ4v) is 1.97. The van der Waals surface area contributed by atoms with Gasteiger partial charge >= 0.3 is 17.1 Å². The van der Waals surface area contributed by atoms with E-state index in [1.54, 1.807) is 24.3 Å². The number of nitrogens with zero attached hydrogens (tertiary/aromatic N) is 4. The highest BCUT2D eigenvalue weighted by atomic mass is 16.5. The minimum atomic E-state index is -0.162. The number of hydrogen-bond donors (Lipinski definition) is 2. The molecule has 0 atom stereocenters. The number of nitrogen functional groups attached to an aromatic ring is 2. The van der Waals surface area contributed by atoms with Gasteiger partial charge in [0.2, 0.25) is 5.82 Å². The maximum absolute atomic E-state index is 12.4. The smallest absolute Gasteiger partial charge is 0.408 e. The highest BCUT2D eigenvalue weighted by Crippen LogP contribution is 2.18. The zero-order valence-electron chi connectivity index (χ0n) is 10.2. The van der Waals surface area contributed by atoms with E-state index < -0.39 is 0 Å². The van der Waals surface area contributed by atoms with E-state index in [1.165, 1.54) is 0 Å². The van der Waals surface area contributed by atoms with Gasteiger partial charge in [0, 0.05) is 4.98 Å². The molecule has 2 aromatic heterocycles. The maximum atomic E-state index is 12.4. The average molecular weight is 270 g/mol. The highest BCUT2D eigenvalue weighted by Gasteiger charge is 2.25. The van der Waals surface area contributed by atoms with E-state index in [-0.39, 0.29) is 28.6 Å². The number of nitrogens with two attached hydrogens (primary N) is 2. The number of anilines is 2. The van der Waals surface area contributed by atoms with Gasteiger partial charge in [-0.05, 0) is 12.1 Å². The van der Waals surface area contributed by atoms with Crippen LogP contribution in [-0.2, 0) is 0 Å². The van der Waals surface area contributed by atoms with Crippen LogP contribution in [0.4, 0.5) is 11.8 Å². The summed E-state index contributed by atoms with van der Waals surface area (Å²) in [5.74, 6) is -0.294. The number of hydrogen-bond acceptors (Lipinski definition) is 6. The van der Waals surface area contributed by atoms with Gasteiger partial charge in [0.25, 0.3) is 5.69 Å². The molecule has 0 spiro atoms. The third kappa shape index (κ3) is 1.70. The highest BCUT2D eigenvalue weighted by molar-refractivity contribution is 5.77. The average Bonchev–Trinajstić information content (AvgIpc) is 2.43. The van der Waals surface area contributed by atoms with Gasteiger partial charge in [-0.3, -0.25) is 0 Å². The van der Waals surface area contributed by atoms with E-state index in [0.29, 0.717) is 15.0 Å². The Morgan fingerprint density at radius 1 is 1.00 bits per heavy atom. The third-order valence-electron chi connectivity index (χ3n) is 2.85. The molecule has 1 aromatic carbocycles. The summed E-state index contributed by atoms with van der Waals surface area (Å²) >= 11 is 0. The predicted molar refractivity (Wildman–Crippen MR) is 71.7 cm³/mol. The molecule has 0 aliphatic carbocycles. The molecule has 3 rings (SSSR count). The summed E-state index contributed by atoms with van der Waals surface area (Å²) in [7, 11) is 0.